The minimum atomic E-state index is -0.512. The number of nitrogens with zero attached hydrogens (tertiary/aromatic N) is 1. The highest BCUT2D eigenvalue weighted by Crippen LogP contribution is 2.27. The Morgan fingerprint density at radius 3 is 2.52 bits per heavy atom. The van der Waals surface area contributed by atoms with E-state index in [0.717, 1.165) is 6.42 Å². The predicted octanol–water partition coefficient (Wildman–Crippen LogP) is 2.48. The number of carbonyl (C=O) groups excluding carboxylic acids is 2. The lowest BCUT2D eigenvalue weighted by molar-refractivity contribution is -0.123. The number of amides is 2. The normalized spacial score (nSPS) is 21.3. The lowest BCUT2D eigenvalue weighted by Crippen LogP contribution is -2.35. The van der Waals surface area contributed by atoms with Crippen molar-refractivity contribution in [2.75, 3.05) is 18.4 Å². The Labute approximate surface area is 138 Å². The van der Waals surface area contributed by atoms with Crippen molar-refractivity contribution in [3.8, 4) is 0 Å². The summed E-state index contributed by atoms with van der Waals surface area (Å²) in [4.78, 5) is 27.0. The summed E-state index contributed by atoms with van der Waals surface area (Å²) in [7, 11) is 0. The third-order valence-corrected chi connectivity index (χ3v) is 4.34. The Kier molecular flexibility index (Phi) is 5.09. The van der Waals surface area contributed by atoms with E-state index in [1.807, 2.05) is 44.7 Å². The van der Waals surface area contributed by atoms with Crippen LogP contribution in [0.5, 0.6) is 0 Å². The number of carbonyl (C=O) groups is 2. The van der Waals surface area contributed by atoms with E-state index < -0.39 is 5.41 Å². The summed E-state index contributed by atoms with van der Waals surface area (Å²) in [6.45, 7) is 8.86. The molecule has 5 nitrogen and oxygen atoms in total. The lowest BCUT2D eigenvalue weighted by atomic mass is 9.95. The fourth-order valence-corrected chi connectivity index (χ4v) is 2.84. The van der Waals surface area contributed by atoms with Crippen LogP contribution in [0.25, 0.3) is 0 Å². The molecule has 0 spiro atoms. The number of nitrogens with one attached hydrogen (secondary N) is 1. The van der Waals surface area contributed by atoms with Crippen LogP contribution < -0.4 is 11.1 Å². The molecule has 1 aromatic rings. The first-order valence-electron chi connectivity index (χ1n) is 8.15. The fraction of sp³-hybridized carbons (Fsp3) is 0.556. The second-order valence-corrected chi connectivity index (χ2v) is 7.39. The van der Waals surface area contributed by atoms with Crippen molar-refractivity contribution in [2.24, 2.45) is 17.1 Å². The van der Waals surface area contributed by atoms with Gasteiger partial charge >= 0.3 is 0 Å². The molecule has 5 heteroatoms. The molecule has 1 aromatic carbocycles. The van der Waals surface area contributed by atoms with Crippen molar-refractivity contribution in [3.63, 3.8) is 0 Å². The van der Waals surface area contributed by atoms with E-state index in [2.05, 4.69) is 5.32 Å². The summed E-state index contributed by atoms with van der Waals surface area (Å²) in [5.74, 6) is 0.204. The molecular formula is C18H27N3O2. The molecule has 0 aromatic heterocycles. The molecule has 1 aliphatic rings. The van der Waals surface area contributed by atoms with Gasteiger partial charge in [0.05, 0.1) is 11.3 Å². The van der Waals surface area contributed by atoms with E-state index >= 15 is 0 Å². The summed E-state index contributed by atoms with van der Waals surface area (Å²) in [6.07, 6.45) is 0.929. The monoisotopic (exact) mass is 317 g/mol. The molecule has 3 N–H and O–H groups in total. The Morgan fingerprint density at radius 1 is 1.30 bits per heavy atom. The van der Waals surface area contributed by atoms with Gasteiger partial charge in [0.15, 0.2) is 0 Å². The first-order chi connectivity index (χ1) is 10.7. The van der Waals surface area contributed by atoms with Crippen LogP contribution in [0.1, 0.15) is 44.5 Å². The molecule has 0 saturated carbocycles. The summed E-state index contributed by atoms with van der Waals surface area (Å²) in [5, 5.41) is 2.88. The number of rotatable bonds is 3. The third kappa shape index (κ3) is 3.91. The molecule has 1 heterocycles. The highest BCUT2D eigenvalue weighted by molar-refractivity contribution is 6.04. The zero-order valence-electron chi connectivity index (χ0n) is 14.4. The van der Waals surface area contributed by atoms with Crippen LogP contribution in [0.4, 0.5) is 5.69 Å². The Balaban J connectivity index is 2.23. The number of benzene rings is 1. The largest absolute Gasteiger partial charge is 0.336 e. The molecule has 0 bridgehead atoms. The molecule has 1 fully saturated rings. The van der Waals surface area contributed by atoms with Gasteiger partial charge in [-0.25, -0.2) is 0 Å². The standard InChI is InChI=1S/C18H27N3O2/c1-12-9-13(10-19)11-21(12)16(22)14-7-5-6-8-15(14)20-17(23)18(2,3)4/h5-8,12-13H,9-11,19H2,1-4H3,(H,20,23). The molecule has 23 heavy (non-hydrogen) atoms. The van der Waals surface area contributed by atoms with Crippen LogP contribution in [0.15, 0.2) is 24.3 Å². The smallest absolute Gasteiger partial charge is 0.256 e. The van der Waals surface area contributed by atoms with Gasteiger partial charge in [0.2, 0.25) is 5.91 Å². The van der Waals surface area contributed by atoms with Crippen molar-refractivity contribution in [3.05, 3.63) is 29.8 Å². The van der Waals surface area contributed by atoms with Crippen LogP contribution in [0.3, 0.4) is 0 Å². The van der Waals surface area contributed by atoms with Crippen molar-refractivity contribution in [1.82, 2.24) is 4.90 Å². The maximum atomic E-state index is 12.9. The van der Waals surface area contributed by atoms with Gasteiger partial charge in [-0.2, -0.15) is 0 Å². The maximum Gasteiger partial charge on any atom is 0.256 e. The second kappa shape index (κ2) is 6.71. The first-order valence-corrected chi connectivity index (χ1v) is 8.15. The minimum absolute atomic E-state index is 0.0433. The molecule has 2 amide bonds. The zero-order chi connectivity index (χ0) is 17.2. The van der Waals surface area contributed by atoms with E-state index in [1.54, 1.807) is 12.1 Å². The molecule has 126 valence electrons. The fourth-order valence-electron chi connectivity index (χ4n) is 2.84. The van der Waals surface area contributed by atoms with Gasteiger partial charge in [-0.1, -0.05) is 32.9 Å². The Bertz CT molecular complexity index is 592. The van der Waals surface area contributed by atoms with Crippen LogP contribution in [0.2, 0.25) is 0 Å². The SMILES string of the molecule is CC1CC(CN)CN1C(=O)c1ccccc1NC(=O)C(C)(C)C. The van der Waals surface area contributed by atoms with Crippen molar-refractivity contribution >= 4 is 17.5 Å². The highest BCUT2D eigenvalue weighted by atomic mass is 16.2. The van der Waals surface area contributed by atoms with Gasteiger partial charge in [0.25, 0.3) is 5.91 Å². The van der Waals surface area contributed by atoms with Gasteiger partial charge in [-0.05, 0) is 37.9 Å². The average molecular weight is 317 g/mol. The maximum absolute atomic E-state index is 12.9. The van der Waals surface area contributed by atoms with E-state index in [0.29, 0.717) is 30.3 Å². The van der Waals surface area contributed by atoms with Crippen molar-refractivity contribution < 1.29 is 9.59 Å². The molecular weight excluding hydrogens is 290 g/mol. The molecule has 1 saturated heterocycles. The summed E-state index contributed by atoms with van der Waals surface area (Å²) in [5.41, 5.74) is 6.34. The number of para-hydroxylation sites is 1. The highest BCUT2D eigenvalue weighted by Gasteiger charge is 2.33. The van der Waals surface area contributed by atoms with Gasteiger partial charge in [-0.15, -0.1) is 0 Å². The van der Waals surface area contributed by atoms with Gasteiger partial charge in [0, 0.05) is 18.0 Å². The average Bonchev–Trinajstić information content (AvgIpc) is 2.87. The summed E-state index contributed by atoms with van der Waals surface area (Å²) >= 11 is 0. The molecule has 2 rings (SSSR count). The number of anilines is 1. The predicted molar refractivity (Wildman–Crippen MR) is 92.2 cm³/mol. The number of hydrogen-bond acceptors (Lipinski definition) is 3. The summed E-state index contributed by atoms with van der Waals surface area (Å²) < 4.78 is 0. The quantitative estimate of drug-likeness (QED) is 0.899. The van der Waals surface area contributed by atoms with Gasteiger partial charge < -0.3 is 16.0 Å². The molecule has 2 unspecified atom stereocenters. The molecule has 0 aliphatic carbocycles. The number of hydrogen-bond donors (Lipinski definition) is 2. The van der Waals surface area contributed by atoms with Crippen LogP contribution in [-0.2, 0) is 4.79 Å². The van der Waals surface area contributed by atoms with E-state index in [-0.39, 0.29) is 17.9 Å². The molecule has 2 atom stereocenters. The van der Waals surface area contributed by atoms with Crippen molar-refractivity contribution in [2.45, 2.75) is 40.2 Å². The van der Waals surface area contributed by atoms with Crippen LogP contribution >= 0.6 is 0 Å². The van der Waals surface area contributed by atoms with Crippen LogP contribution in [0, 0.1) is 11.3 Å². The first kappa shape index (κ1) is 17.5. The number of nitrogens with two attached hydrogens (primary N) is 1. The zero-order valence-corrected chi connectivity index (χ0v) is 14.4. The third-order valence-electron chi connectivity index (χ3n) is 4.34. The van der Waals surface area contributed by atoms with Crippen molar-refractivity contribution in [1.29, 1.82) is 0 Å². The van der Waals surface area contributed by atoms with E-state index in [9.17, 15) is 9.59 Å². The summed E-state index contributed by atoms with van der Waals surface area (Å²) in [6, 6.07) is 7.36. The van der Waals surface area contributed by atoms with Crippen LogP contribution in [-0.4, -0.2) is 35.8 Å². The molecule has 1 aliphatic heterocycles. The topological polar surface area (TPSA) is 75.4 Å². The van der Waals surface area contributed by atoms with Gasteiger partial charge in [0.1, 0.15) is 0 Å². The van der Waals surface area contributed by atoms with E-state index in [4.69, 9.17) is 5.73 Å². The molecule has 0 radical (unpaired) electrons. The minimum Gasteiger partial charge on any atom is -0.336 e. The number of likely N-dealkylation sites (tertiary alicyclic amines) is 1. The lowest BCUT2D eigenvalue weighted by Gasteiger charge is -2.24. The second-order valence-electron chi connectivity index (χ2n) is 7.39. The van der Waals surface area contributed by atoms with Gasteiger partial charge in [-0.3, -0.25) is 9.59 Å². The Hall–Kier alpha value is -1.88. The van der Waals surface area contributed by atoms with E-state index in [1.165, 1.54) is 0 Å². The Morgan fingerprint density at radius 2 is 1.96 bits per heavy atom.